The number of hydrogen-bond donors (Lipinski definition) is 1. The van der Waals surface area contributed by atoms with Gasteiger partial charge in [0.15, 0.2) is 5.13 Å². The minimum atomic E-state index is -4.40. The van der Waals surface area contributed by atoms with Crippen LogP contribution in [0.25, 0.3) is 0 Å². The van der Waals surface area contributed by atoms with Crippen molar-refractivity contribution in [3.63, 3.8) is 0 Å². The molecule has 0 spiro atoms. The van der Waals surface area contributed by atoms with E-state index in [0.29, 0.717) is 42.6 Å². The maximum absolute atomic E-state index is 13.0. The van der Waals surface area contributed by atoms with Gasteiger partial charge in [-0.05, 0) is 30.3 Å². The Labute approximate surface area is 186 Å². The molecule has 0 bridgehead atoms. The first-order chi connectivity index (χ1) is 15.3. The molecule has 0 saturated carbocycles. The number of carbonyl (C=O) groups excluding carboxylic acids is 2. The monoisotopic (exact) mass is 460 g/mol. The fourth-order valence-electron chi connectivity index (χ4n) is 3.40. The summed E-state index contributed by atoms with van der Waals surface area (Å²) in [4.78, 5) is 32.7. The third kappa shape index (κ3) is 4.91. The number of hydrogen-bond acceptors (Lipinski definition) is 5. The number of anilines is 2. The van der Waals surface area contributed by atoms with Gasteiger partial charge < -0.3 is 9.80 Å². The highest BCUT2D eigenvalue weighted by molar-refractivity contribution is 7.14. The molecule has 2 aromatic carbocycles. The summed E-state index contributed by atoms with van der Waals surface area (Å²) in [6.45, 7) is 1.54. The molecule has 4 rings (SSSR count). The van der Waals surface area contributed by atoms with Gasteiger partial charge in [-0.2, -0.15) is 13.2 Å². The average Bonchev–Trinajstić information content (AvgIpc) is 3.27. The number of aromatic nitrogens is 1. The zero-order valence-corrected chi connectivity index (χ0v) is 17.6. The molecule has 1 fully saturated rings. The number of carbonyl (C=O) groups is 2. The summed E-state index contributed by atoms with van der Waals surface area (Å²) in [6, 6.07) is 13.9. The van der Waals surface area contributed by atoms with E-state index in [0.717, 1.165) is 23.5 Å². The van der Waals surface area contributed by atoms with Crippen LogP contribution >= 0.6 is 11.3 Å². The van der Waals surface area contributed by atoms with Gasteiger partial charge in [0.25, 0.3) is 11.8 Å². The Morgan fingerprint density at radius 3 is 2.38 bits per heavy atom. The van der Waals surface area contributed by atoms with Crippen LogP contribution in [-0.2, 0) is 6.18 Å². The molecule has 0 atom stereocenters. The van der Waals surface area contributed by atoms with Crippen LogP contribution < -0.4 is 10.2 Å². The summed E-state index contributed by atoms with van der Waals surface area (Å²) in [7, 11) is 0. The molecule has 0 radical (unpaired) electrons. The number of rotatable bonds is 4. The summed E-state index contributed by atoms with van der Waals surface area (Å²) in [5.41, 5.74) is 0.500. The number of nitrogens with zero attached hydrogens (tertiary/aromatic N) is 3. The topological polar surface area (TPSA) is 65.5 Å². The summed E-state index contributed by atoms with van der Waals surface area (Å²) >= 11 is 1.16. The molecule has 1 aliphatic rings. The number of benzene rings is 2. The second-order valence-corrected chi connectivity index (χ2v) is 8.04. The van der Waals surface area contributed by atoms with Crippen LogP contribution in [0.3, 0.4) is 0 Å². The van der Waals surface area contributed by atoms with Crippen LogP contribution in [0.2, 0.25) is 0 Å². The number of nitrogens with one attached hydrogen (secondary N) is 1. The fourth-order valence-corrected chi connectivity index (χ4v) is 4.08. The molecule has 2 amide bonds. The second-order valence-electron chi connectivity index (χ2n) is 7.19. The predicted octanol–water partition coefficient (Wildman–Crippen LogP) is 4.38. The standard InChI is InChI=1S/C22H19F3N4O2S/c23-22(24,25)16-7-4-8-17(13-16)28-9-11-29(12-10-28)20(31)18-14-32-21(26-18)27-19(30)15-5-2-1-3-6-15/h1-8,13-14H,9-12H2,(H,26,27,30). The summed E-state index contributed by atoms with van der Waals surface area (Å²) in [5, 5.41) is 4.59. The minimum absolute atomic E-state index is 0.228. The third-order valence-corrected chi connectivity index (χ3v) is 5.84. The Hall–Kier alpha value is -3.40. The number of piperazine rings is 1. The number of amides is 2. The lowest BCUT2D eigenvalue weighted by Crippen LogP contribution is -2.48. The molecule has 3 aromatic rings. The van der Waals surface area contributed by atoms with Gasteiger partial charge >= 0.3 is 6.18 Å². The van der Waals surface area contributed by atoms with Gasteiger partial charge in [-0.3, -0.25) is 14.9 Å². The van der Waals surface area contributed by atoms with E-state index >= 15 is 0 Å². The van der Waals surface area contributed by atoms with Crippen molar-refractivity contribution in [2.45, 2.75) is 6.18 Å². The summed E-state index contributed by atoms with van der Waals surface area (Å²) in [5.74, 6) is -0.584. The molecule has 1 aliphatic heterocycles. The van der Waals surface area contributed by atoms with Gasteiger partial charge in [-0.1, -0.05) is 24.3 Å². The molecular weight excluding hydrogens is 441 g/mol. The highest BCUT2D eigenvalue weighted by atomic mass is 32.1. The Morgan fingerprint density at radius 2 is 1.69 bits per heavy atom. The first-order valence-corrected chi connectivity index (χ1v) is 10.7. The van der Waals surface area contributed by atoms with Gasteiger partial charge in [0.05, 0.1) is 5.56 Å². The van der Waals surface area contributed by atoms with E-state index in [4.69, 9.17) is 0 Å². The van der Waals surface area contributed by atoms with Crippen molar-refractivity contribution < 1.29 is 22.8 Å². The number of halogens is 3. The largest absolute Gasteiger partial charge is 0.416 e. The molecule has 6 nitrogen and oxygen atoms in total. The highest BCUT2D eigenvalue weighted by Crippen LogP contribution is 2.32. The zero-order valence-electron chi connectivity index (χ0n) is 16.8. The van der Waals surface area contributed by atoms with Crippen molar-refractivity contribution >= 4 is 34.0 Å². The normalized spacial score (nSPS) is 14.3. The van der Waals surface area contributed by atoms with E-state index in [-0.39, 0.29) is 17.5 Å². The third-order valence-electron chi connectivity index (χ3n) is 5.09. The lowest BCUT2D eigenvalue weighted by molar-refractivity contribution is -0.137. The molecule has 1 N–H and O–H groups in total. The van der Waals surface area contributed by atoms with Crippen molar-refractivity contribution in [1.82, 2.24) is 9.88 Å². The number of thiazole rings is 1. The van der Waals surface area contributed by atoms with Crippen molar-refractivity contribution in [2.75, 3.05) is 36.4 Å². The van der Waals surface area contributed by atoms with E-state index in [2.05, 4.69) is 10.3 Å². The summed E-state index contributed by atoms with van der Waals surface area (Å²) in [6.07, 6.45) is -4.40. The van der Waals surface area contributed by atoms with Crippen molar-refractivity contribution in [1.29, 1.82) is 0 Å². The molecule has 10 heteroatoms. The van der Waals surface area contributed by atoms with Gasteiger partial charge in [-0.15, -0.1) is 11.3 Å². The van der Waals surface area contributed by atoms with E-state index in [1.807, 2.05) is 11.0 Å². The SMILES string of the molecule is O=C(Nc1nc(C(=O)N2CCN(c3cccc(C(F)(F)F)c3)CC2)cs1)c1ccccc1. The Balaban J connectivity index is 1.36. The van der Waals surface area contributed by atoms with E-state index in [1.54, 1.807) is 40.6 Å². The smallest absolute Gasteiger partial charge is 0.368 e. The molecule has 0 aliphatic carbocycles. The second kappa shape index (κ2) is 8.99. The van der Waals surface area contributed by atoms with Crippen LogP contribution in [0.5, 0.6) is 0 Å². The predicted molar refractivity (Wildman–Crippen MR) is 116 cm³/mol. The molecule has 2 heterocycles. The Bertz CT molecular complexity index is 1110. The van der Waals surface area contributed by atoms with Crippen molar-refractivity contribution in [3.8, 4) is 0 Å². The van der Waals surface area contributed by atoms with Crippen molar-refractivity contribution in [2.24, 2.45) is 0 Å². The maximum atomic E-state index is 13.0. The Morgan fingerprint density at radius 1 is 0.969 bits per heavy atom. The minimum Gasteiger partial charge on any atom is -0.368 e. The van der Waals surface area contributed by atoms with Crippen LogP contribution in [0, 0.1) is 0 Å². The first-order valence-electron chi connectivity index (χ1n) is 9.85. The van der Waals surface area contributed by atoms with Gasteiger partial charge in [0.1, 0.15) is 5.69 Å². The number of alkyl halides is 3. The first kappa shape index (κ1) is 21.8. The van der Waals surface area contributed by atoms with Crippen LogP contribution in [-0.4, -0.2) is 47.9 Å². The molecular formula is C22H19F3N4O2S. The molecule has 0 unspecified atom stereocenters. The summed E-state index contributed by atoms with van der Waals surface area (Å²) < 4.78 is 38.9. The highest BCUT2D eigenvalue weighted by Gasteiger charge is 2.31. The quantitative estimate of drug-likeness (QED) is 0.628. The van der Waals surface area contributed by atoms with Crippen LogP contribution in [0.15, 0.2) is 60.0 Å². The van der Waals surface area contributed by atoms with E-state index in [1.165, 1.54) is 6.07 Å². The van der Waals surface area contributed by atoms with Crippen molar-refractivity contribution in [3.05, 3.63) is 76.8 Å². The van der Waals surface area contributed by atoms with Crippen LogP contribution in [0.1, 0.15) is 26.4 Å². The van der Waals surface area contributed by atoms with Crippen LogP contribution in [0.4, 0.5) is 24.0 Å². The zero-order chi connectivity index (χ0) is 22.7. The molecule has 32 heavy (non-hydrogen) atoms. The van der Waals surface area contributed by atoms with E-state index in [9.17, 15) is 22.8 Å². The fraction of sp³-hybridized carbons (Fsp3) is 0.227. The molecule has 1 aromatic heterocycles. The van der Waals surface area contributed by atoms with Gasteiger partial charge in [0, 0.05) is 42.8 Å². The average molecular weight is 460 g/mol. The van der Waals surface area contributed by atoms with Gasteiger partial charge in [-0.25, -0.2) is 4.98 Å². The lowest BCUT2D eigenvalue weighted by Gasteiger charge is -2.36. The van der Waals surface area contributed by atoms with Gasteiger partial charge in [0.2, 0.25) is 0 Å². The lowest BCUT2D eigenvalue weighted by atomic mass is 10.1. The molecule has 166 valence electrons. The maximum Gasteiger partial charge on any atom is 0.416 e. The Kier molecular flexibility index (Phi) is 6.13. The van der Waals surface area contributed by atoms with E-state index < -0.39 is 11.7 Å². The molecule has 1 saturated heterocycles.